The first-order chi connectivity index (χ1) is 14.6. The summed E-state index contributed by atoms with van der Waals surface area (Å²) in [6, 6.07) is 10.6. The van der Waals surface area contributed by atoms with Crippen LogP contribution in [0.2, 0.25) is 0 Å². The first-order valence-electron chi connectivity index (χ1n) is 10.8. The summed E-state index contributed by atoms with van der Waals surface area (Å²) in [6.07, 6.45) is 6.89. The summed E-state index contributed by atoms with van der Waals surface area (Å²) in [4.78, 5) is 25.2. The van der Waals surface area contributed by atoms with Gasteiger partial charge in [0.25, 0.3) is 0 Å². The Labute approximate surface area is 175 Å². The van der Waals surface area contributed by atoms with Crippen LogP contribution in [-0.4, -0.2) is 51.4 Å². The Bertz CT molecular complexity index is 1040. The number of carbonyl (C=O) groups is 1. The van der Waals surface area contributed by atoms with E-state index in [1.807, 2.05) is 24.1 Å². The highest BCUT2D eigenvalue weighted by Gasteiger charge is 2.39. The van der Waals surface area contributed by atoms with Crippen molar-refractivity contribution >= 4 is 16.9 Å². The molecule has 30 heavy (non-hydrogen) atoms. The number of amides is 1. The number of benzene rings is 1. The van der Waals surface area contributed by atoms with Crippen LogP contribution in [0.1, 0.15) is 49.3 Å². The molecule has 2 aromatic heterocycles. The van der Waals surface area contributed by atoms with Gasteiger partial charge in [0, 0.05) is 24.3 Å². The second kappa shape index (κ2) is 7.84. The number of H-pyrrole nitrogens is 1. The van der Waals surface area contributed by atoms with Gasteiger partial charge in [0.15, 0.2) is 0 Å². The largest absolute Gasteiger partial charge is 0.346 e. The zero-order chi connectivity index (χ0) is 20.7. The highest BCUT2D eigenvalue weighted by atomic mass is 19.1. The quantitative estimate of drug-likeness (QED) is 0.705. The maximum Gasteiger partial charge on any atom is 0.240 e. The lowest BCUT2D eigenvalue weighted by Gasteiger charge is -2.35. The Morgan fingerprint density at radius 3 is 2.63 bits per heavy atom. The van der Waals surface area contributed by atoms with Crippen LogP contribution >= 0.6 is 0 Å². The normalized spacial score (nSPS) is 22.1. The van der Waals surface area contributed by atoms with E-state index >= 15 is 0 Å². The Balaban J connectivity index is 1.23. The van der Waals surface area contributed by atoms with E-state index in [0.717, 1.165) is 50.1 Å². The first kappa shape index (κ1) is 19.2. The van der Waals surface area contributed by atoms with Crippen molar-refractivity contribution in [2.45, 2.75) is 44.2 Å². The number of piperidine rings is 1. The van der Waals surface area contributed by atoms with Crippen molar-refractivity contribution in [3.8, 4) is 0 Å². The predicted molar refractivity (Wildman–Crippen MR) is 115 cm³/mol. The summed E-state index contributed by atoms with van der Waals surface area (Å²) in [5, 5.41) is 1.21. The van der Waals surface area contributed by atoms with Crippen molar-refractivity contribution in [1.29, 1.82) is 0 Å². The van der Waals surface area contributed by atoms with Crippen LogP contribution in [0.5, 0.6) is 0 Å². The number of aromatic nitrogens is 2. The molecule has 0 radical (unpaired) electrons. The number of rotatable bonds is 4. The van der Waals surface area contributed by atoms with Gasteiger partial charge in [0.1, 0.15) is 11.5 Å². The van der Waals surface area contributed by atoms with E-state index in [-0.39, 0.29) is 23.8 Å². The van der Waals surface area contributed by atoms with Gasteiger partial charge in [-0.25, -0.2) is 9.37 Å². The molecule has 1 aromatic carbocycles. The number of carbonyl (C=O) groups excluding carboxylic acids is 1. The maximum atomic E-state index is 13.2. The van der Waals surface area contributed by atoms with Crippen LogP contribution in [0, 0.1) is 5.82 Å². The fourth-order valence-electron chi connectivity index (χ4n) is 5.17. The number of nitrogens with one attached hydrogen (secondary N) is 1. The molecule has 1 N–H and O–H groups in total. The third-order valence-electron chi connectivity index (χ3n) is 6.92. The zero-order valence-corrected chi connectivity index (χ0v) is 17.2. The average molecular weight is 407 g/mol. The number of hydrogen-bond acceptors (Lipinski definition) is 3. The summed E-state index contributed by atoms with van der Waals surface area (Å²) >= 11 is 0. The molecule has 0 bridgehead atoms. The third-order valence-corrected chi connectivity index (χ3v) is 6.92. The Morgan fingerprint density at radius 1 is 1.10 bits per heavy atom. The summed E-state index contributed by atoms with van der Waals surface area (Å²) in [7, 11) is 0. The zero-order valence-electron chi connectivity index (χ0n) is 17.2. The second-order valence-corrected chi connectivity index (χ2v) is 8.52. The average Bonchev–Trinajstić information content (AvgIpc) is 3.38. The molecule has 6 heteroatoms. The molecule has 0 aliphatic carbocycles. The van der Waals surface area contributed by atoms with Crippen LogP contribution in [-0.2, 0) is 4.79 Å². The van der Waals surface area contributed by atoms with Crippen LogP contribution in [0.15, 0.2) is 48.8 Å². The van der Waals surface area contributed by atoms with Gasteiger partial charge in [-0.2, -0.15) is 0 Å². The smallest absolute Gasteiger partial charge is 0.240 e. The van der Waals surface area contributed by atoms with Crippen molar-refractivity contribution in [3.05, 3.63) is 65.7 Å². The summed E-state index contributed by atoms with van der Waals surface area (Å²) in [5.74, 6) is 0.469. The van der Waals surface area contributed by atoms with Crippen LogP contribution in [0.3, 0.4) is 0 Å². The van der Waals surface area contributed by atoms with Crippen molar-refractivity contribution < 1.29 is 9.18 Å². The van der Waals surface area contributed by atoms with Gasteiger partial charge in [-0.15, -0.1) is 0 Å². The van der Waals surface area contributed by atoms with E-state index in [4.69, 9.17) is 0 Å². The molecule has 156 valence electrons. The van der Waals surface area contributed by atoms with Gasteiger partial charge in [-0.1, -0.05) is 12.1 Å². The van der Waals surface area contributed by atoms with E-state index in [1.54, 1.807) is 12.1 Å². The second-order valence-electron chi connectivity index (χ2n) is 8.52. The molecule has 3 aromatic rings. The number of hydrogen-bond donors (Lipinski definition) is 1. The standard InChI is InChI=1S/C24H27FN4O/c1-16(17-4-6-19(25)7-5-17)29-14-10-22(24(29)30)28-12-8-18(9-13-28)21-15-27-23-20(21)3-2-11-26-23/h2-7,11,15-16,18,22H,8-10,12-14H2,1H3,(H,26,27). The van der Waals surface area contributed by atoms with Crippen molar-refractivity contribution in [3.63, 3.8) is 0 Å². The van der Waals surface area contributed by atoms with Crippen molar-refractivity contribution in [1.82, 2.24) is 19.8 Å². The lowest BCUT2D eigenvalue weighted by atomic mass is 9.89. The number of nitrogens with zero attached hydrogens (tertiary/aromatic N) is 3. The van der Waals surface area contributed by atoms with E-state index in [2.05, 4.69) is 27.1 Å². The molecule has 1 amide bonds. The van der Waals surface area contributed by atoms with Gasteiger partial charge in [-0.3, -0.25) is 9.69 Å². The van der Waals surface area contributed by atoms with Gasteiger partial charge in [0.05, 0.1) is 12.1 Å². The fourth-order valence-corrected chi connectivity index (χ4v) is 5.17. The van der Waals surface area contributed by atoms with Crippen molar-refractivity contribution in [2.24, 2.45) is 0 Å². The monoisotopic (exact) mass is 406 g/mol. The molecule has 2 fully saturated rings. The molecule has 0 saturated carbocycles. The topological polar surface area (TPSA) is 52.2 Å². The molecule has 2 atom stereocenters. The fraction of sp³-hybridized carbons (Fsp3) is 0.417. The first-order valence-corrected chi connectivity index (χ1v) is 10.8. The van der Waals surface area contributed by atoms with E-state index in [1.165, 1.54) is 23.1 Å². The maximum absolute atomic E-state index is 13.2. The Kier molecular flexibility index (Phi) is 5.03. The minimum absolute atomic E-state index is 0.0284. The van der Waals surface area contributed by atoms with Gasteiger partial charge < -0.3 is 9.88 Å². The highest BCUT2D eigenvalue weighted by molar-refractivity contribution is 5.84. The molecule has 5 rings (SSSR count). The van der Waals surface area contributed by atoms with Crippen LogP contribution in [0.25, 0.3) is 11.0 Å². The Morgan fingerprint density at radius 2 is 1.87 bits per heavy atom. The van der Waals surface area contributed by atoms with Gasteiger partial charge in [0.2, 0.25) is 5.91 Å². The molecule has 5 nitrogen and oxygen atoms in total. The SMILES string of the molecule is CC(c1ccc(F)cc1)N1CCC(N2CCC(c3c[nH]c4ncccc34)CC2)C1=O. The Hall–Kier alpha value is -2.73. The van der Waals surface area contributed by atoms with E-state index < -0.39 is 0 Å². The number of aromatic amines is 1. The minimum Gasteiger partial charge on any atom is -0.346 e. The molecule has 2 aliphatic rings. The number of likely N-dealkylation sites (tertiary alicyclic amines) is 2. The molecule has 2 aliphatic heterocycles. The number of halogens is 1. The summed E-state index contributed by atoms with van der Waals surface area (Å²) in [6.45, 7) is 4.67. The third kappa shape index (κ3) is 3.39. The molecule has 2 unspecified atom stereocenters. The van der Waals surface area contributed by atoms with Crippen molar-refractivity contribution in [2.75, 3.05) is 19.6 Å². The predicted octanol–water partition coefficient (Wildman–Crippen LogP) is 4.24. The molecule has 4 heterocycles. The molecule has 2 saturated heterocycles. The minimum atomic E-state index is -0.245. The molecule has 0 spiro atoms. The summed E-state index contributed by atoms with van der Waals surface area (Å²) < 4.78 is 13.2. The number of fused-ring (bicyclic) bond motifs is 1. The van der Waals surface area contributed by atoms with Gasteiger partial charge in [-0.05, 0) is 80.6 Å². The highest BCUT2D eigenvalue weighted by Crippen LogP contribution is 2.35. The molecular weight excluding hydrogens is 379 g/mol. The lowest BCUT2D eigenvalue weighted by molar-refractivity contribution is -0.134. The van der Waals surface area contributed by atoms with Gasteiger partial charge >= 0.3 is 0 Å². The number of pyridine rings is 1. The summed E-state index contributed by atoms with van der Waals surface area (Å²) in [5.41, 5.74) is 3.28. The van der Waals surface area contributed by atoms with Crippen LogP contribution < -0.4 is 0 Å². The van der Waals surface area contributed by atoms with E-state index in [9.17, 15) is 9.18 Å². The van der Waals surface area contributed by atoms with E-state index in [0.29, 0.717) is 5.92 Å². The molecular formula is C24H27FN4O. The van der Waals surface area contributed by atoms with Crippen LogP contribution in [0.4, 0.5) is 4.39 Å². The lowest BCUT2D eigenvalue weighted by Crippen LogP contribution is -2.45.